The molecule has 0 aromatic heterocycles. The molecule has 1 aliphatic rings. The molecule has 0 aliphatic heterocycles. The van der Waals surface area contributed by atoms with Gasteiger partial charge in [-0.15, -0.1) is 0 Å². The fourth-order valence-corrected chi connectivity index (χ4v) is 3.94. The number of hydrogen-bond donors (Lipinski definition) is 1. The fourth-order valence-electron chi connectivity index (χ4n) is 1.57. The van der Waals surface area contributed by atoms with Crippen LogP contribution < -0.4 is 5.32 Å². The van der Waals surface area contributed by atoms with Crippen molar-refractivity contribution >= 4 is 34.8 Å². The first-order valence-electron chi connectivity index (χ1n) is 5.54. The second-order valence-corrected chi connectivity index (χ2v) is 6.69. The van der Waals surface area contributed by atoms with Gasteiger partial charge in [0.05, 0.1) is 0 Å². The molecule has 1 saturated carbocycles. The van der Waals surface area contributed by atoms with Gasteiger partial charge in [0.1, 0.15) is 0 Å². The van der Waals surface area contributed by atoms with Crippen LogP contribution in [0.15, 0.2) is 0 Å². The maximum atomic E-state index is 3.35. The van der Waals surface area contributed by atoms with Crippen LogP contribution in [0.2, 0.25) is 0 Å². The molecular weight excluding hydrogens is 307 g/mol. The van der Waals surface area contributed by atoms with Gasteiger partial charge >= 0.3 is 0 Å². The van der Waals surface area contributed by atoms with Crippen LogP contribution in [-0.2, 0) is 0 Å². The lowest BCUT2D eigenvalue weighted by molar-refractivity contribution is 0.225. The molecule has 2 unspecified atom stereocenters. The number of halogens is 1. The van der Waals surface area contributed by atoms with E-state index >= 15 is 0 Å². The van der Waals surface area contributed by atoms with Gasteiger partial charge in [-0.25, -0.2) is 0 Å². The molecule has 0 heterocycles. The van der Waals surface area contributed by atoms with E-state index in [1.807, 2.05) is 11.9 Å². The van der Waals surface area contributed by atoms with Gasteiger partial charge in [0.2, 0.25) is 0 Å². The maximum Gasteiger partial charge on any atom is 0.0332 e. The van der Waals surface area contributed by atoms with Crippen LogP contribution in [0.3, 0.4) is 0 Å². The van der Waals surface area contributed by atoms with Crippen molar-refractivity contribution < 1.29 is 0 Å². The van der Waals surface area contributed by atoms with Crippen molar-refractivity contribution in [2.24, 2.45) is 5.92 Å². The lowest BCUT2D eigenvalue weighted by Crippen LogP contribution is -2.37. The molecule has 2 atom stereocenters. The molecule has 0 spiro atoms. The number of hydrogen-bond acceptors (Lipinski definition) is 3. The molecule has 1 N–H and O–H groups in total. The molecular formula is C10H21IN2S. The number of rotatable bonds is 7. The average molecular weight is 328 g/mol. The molecule has 14 heavy (non-hydrogen) atoms. The van der Waals surface area contributed by atoms with Gasteiger partial charge < -0.3 is 5.32 Å². The summed E-state index contributed by atoms with van der Waals surface area (Å²) in [4.78, 5) is 0. The largest absolute Gasteiger partial charge is 0.317 e. The van der Waals surface area contributed by atoms with Crippen molar-refractivity contribution in [3.63, 3.8) is 0 Å². The van der Waals surface area contributed by atoms with Gasteiger partial charge in [0, 0.05) is 34.7 Å². The lowest BCUT2D eigenvalue weighted by atomic mass is 9.82. The zero-order valence-corrected chi connectivity index (χ0v) is 12.1. The smallest absolute Gasteiger partial charge is 0.0332 e. The first-order valence-corrected chi connectivity index (χ1v) is 7.45. The first kappa shape index (κ1) is 13.1. The predicted molar refractivity (Wildman–Crippen MR) is 73.7 cm³/mol. The molecule has 84 valence electrons. The van der Waals surface area contributed by atoms with Crippen LogP contribution in [0.5, 0.6) is 0 Å². The molecule has 0 amide bonds. The SMILES string of the molecule is CCNCCCSN(I)C1CCC1C. The summed E-state index contributed by atoms with van der Waals surface area (Å²) in [6, 6.07) is 0.833. The summed E-state index contributed by atoms with van der Waals surface area (Å²) in [6.07, 6.45) is 4.09. The molecule has 1 fully saturated rings. The van der Waals surface area contributed by atoms with Crippen molar-refractivity contribution in [1.29, 1.82) is 0 Å². The summed E-state index contributed by atoms with van der Waals surface area (Å²) < 4.78 is 2.44. The van der Waals surface area contributed by atoms with Crippen molar-refractivity contribution in [2.45, 2.75) is 39.2 Å². The predicted octanol–water partition coefficient (Wildman–Crippen LogP) is 3.08. The molecule has 0 saturated heterocycles. The van der Waals surface area contributed by atoms with Gasteiger partial charge in [-0.1, -0.05) is 25.8 Å². The van der Waals surface area contributed by atoms with Gasteiger partial charge in [0.15, 0.2) is 0 Å². The van der Waals surface area contributed by atoms with Crippen LogP contribution in [0, 0.1) is 5.92 Å². The molecule has 1 aliphatic carbocycles. The first-order chi connectivity index (χ1) is 6.75. The second kappa shape index (κ2) is 7.30. The van der Waals surface area contributed by atoms with Crippen LogP contribution in [0.1, 0.15) is 33.1 Å². The van der Waals surface area contributed by atoms with Crippen molar-refractivity contribution in [1.82, 2.24) is 7.84 Å². The molecule has 0 aromatic carbocycles. The van der Waals surface area contributed by atoms with Crippen LogP contribution >= 0.6 is 34.8 Å². The fraction of sp³-hybridized carbons (Fsp3) is 1.00. The van der Waals surface area contributed by atoms with E-state index in [0.717, 1.165) is 25.0 Å². The summed E-state index contributed by atoms with van der Waals surface area (Å²) in [5, 5.41) is 3.35. The van der Waals surface area contributed by atoms with E-state index in [2.05, 4.69) is 44.5 Å². The summed E-state index contributed by atoms with van der Waals surface area (Å²) in [5.74, 6) is 2.16. The Labute approximate surface area is 106 Å². The third kappa shape index (κ3) is 4.24. The van der Waals surface area contributed by atoms with Gasteiger partial charge in [0.25, 0.3) is 0 Å². The van der Waals surface area contributed by atoms with E-state index in [4.69, 9.17) is 0 Å². The van der Waals surface area contributed by atoms with Gasteiger partial charge in [-0.05, 0) is 38.3 Å². The summed E-state index contributed by atoms with van der Waals surface area (Å²) in [6.45, 7) is 6.78. The normalized spacial score (nSPS) is 26.6. The number of nitrogens with zero attached hydrogens (tertiary/aromatic N) is 1. The summed E-state index contributed by atoms with van der Waals surface area (Å²) >= 11 is 4.47. The van der Waals surface area contributed by atoms with Gasteiger partial charge in [-0.3, -0.25) is 0 Å². The third-order valence-corrected chi connectivity index (χ3v) is 5.34. The second-order valence-electron chi connectivity index (χ2n) is 3.93. The summed E-state index contributed by atoms with van der Waals surface area (Å²) in [7, 11) is 0. The van der Waals surface area contributed by atoms with E-state index in [1.165, 1.54) is 25.0 Å². The third-order valence-electron chi connectivity index (χ3n) is 2.80. The molecule has 0 aromatic rings. The van der Waals surface area contributed by atoms with E-state index in [1.54, 1.807) is 0 Å². The minimum absolute atomic E-state index is 0.833. The molecule has 2 nitrogen and oxygen atoms in total. The Morgan fingerprint density at radius 1 is 1.50 bits per heavy atom. The Balaban J connectivity index is 1.95. The zero-order valence-electron chi connectivity index (χ0n) is 9.13. The minimum atomic E-state index is 0.833. The highest BCUT2D eigenvalue weighted by atomic mass is 127. The van der Waals surface area contributed by atoms with E-state index in [-0.39, 0.29) is 0 Å². The standard InChI is InChI=1S/C10H21IN2S/c1-3-12-7-4-8-14-13(11)10-6-5-9(10)2/h9-10,12H,3-8H2,1-2H3. The number of nitrogens with one attached hydrogen (secondary N) is 1. The topological polar surface area (TPSA) is 15.3 Å². The van der Waals surface area contributed by atoms with E-state index in [9.17, 15) is 0 Å². The molecule has 0 radical (unpaired) electrons. The van der Waals surface area contributed by atoms with Crippen LogP contribution in [-0.4, -0.2) is 27.4 Å². The van der Waals surface area contributed by atoms with E-state index < -0.39 is 0 Å². The molecule has 4 heteroatoms. The van der Waals surface area contributed by atoms with Crippen LogP contribution in [0.25, 0.3) is 0 Å². The average Bonchev–Trinajstić information content (AvgIpc) is 2.15. The Morgan fingerprint density at radius 3 is 2.79 bits per heavy atom. The lowest BCUT2D eigenvalue weighted by Gasteiger charge is -2.38. The Morgan fingerprint density at radius 2 is 2.29 bits per heavy atom. The highest BCUT2D eigenvalue weighted by Crippen LogP contribution is 2.37. The minimum Gasteiger partial charge on any atom is -0.317 e. The monoisotopic (exact) mass is 328 g/mol. The molecule has 0 bridgehead atoms. The highest BCUT2D eigenvalue weighted by Gasteiger charge is 2.31. The van der Waals surface area contributed by atoms with Crippen molar-refractivity contribution in [3.05, 3.63) is 0 Å². The molecule has 1 rings (SSSR count). The Hall–Kier alpha value is 1.00. The van der Waals surface area contributed by atoms with Crippen LogP contribution in [0.4, 0.5) is 0 Å². The highest BCUT2D eigenvalue weighted by molar-refractivity contribution is 14.1. The Bertz CT molecular complexity index is 157. The van der Waals surface area contributed by atoms with Gasteiger partial charge in [-0.2, -0.15) is 2.52 Å². The van der Waals surface area contributed by atoms with E-state index in [0.29, 0.717) is 0 Å². The Kier molecular flexibility index (Phi) is 6.82. The van der Waals surface area contributed by atoms with Crippen molar-refractivity contribution in [3.8, 4) is 0 Å². The summed E-state index contributed by atoms with van der Waals surface area (Å²) in [5.41, 5.74) is 0. The van der Waals surface area contributed by atoms with Crippen molar-refractivity contribution in [2.75, 3.05) is 18.8 Å². The maximum absolute atomic E-state index is 3.35. The zero-order chi connectivity index (χ0) is 10.4. The quantitative estimate of drug-likeness (QED) is 0.335.